The number of sulfonamides is 1. The minimum absolute atomic E-state index is 0.205. The van der Waals surface area contributed by atoms with Crippen LogP contribution < -0.4 is 20.1 Å². The number of nitrogens with one attached hydrogen (secondary N) is 3. The number of aromatic hydroxyl groups is 1. The molecule has 0 saturated carbocycles. The van der Waals surface area contributed by atoms with Crippen molar-refractivity contribution in [2.45, 2.75) is 13.0 Å². The molecule has 2 amide bonds. The van der Waals surface area contributed by atoms with Gasteiger partial charge in [0, 0.05) is 23.4 Å². The van der Waals surface area contributed by atoms with Crippen LogP contribution in [0.2, 0.25) is 0 Å². The summed E-state index contributed by atoms with van der Waals surface area (Å²) < 4.78 is 84.5. The zero-order valence-corrected chi connectivity index (χ0v) is 19.9. The lowest BCUT2D eigenvalue weighted by molar-refractivity contribution is -0.122. The van der Waals surface area contributed by atoms with E-state index in [0.29, 0.717) is 18.2 Å². The van der Waals surface area contributed by atoms with E-state index in [4.69, 9.17) is 4.74 Å². The number of amides is 2. The van der Waals surface area contributed by atoms with E-state index in [-0.39, 0.29) is 11.4 Å². The number of phenols is 1. The van der Waals surface area contributed by atoms with Gasteiger partial charge in [-0.2, -0.15) is 0 Å². The number of rotatable bonds is 8. The highest BCUT2D eigenvalue weighted by atomic mass is 32.2. The number of halogens is 4. The molecule has 0 fully saturated rings. The molecule has 0 aliphatic carbocycles. The maximum absolute atomic E-state index is 14.6. The summed E-state index contributed by atoms with van der Waals surface area (Å²) in [6.07, 6.45) is -0.174. The number of benzene rings is 3. The highest BCUT2D eigenvalue weighted by Gasteiger charge is 2.20. The topological polar surface area (TPSA) is 134 Å². The minimum atomic E-state index is -3.48. The van der Waals surface area contributed by atoms with Crippen LogP contribution in [-0.2, 0) is 14.8 Å². The number of hydrogen-bond acceptors (Lipinski definition) is 6. The van der Waals surface area contributed by atoms with Gasteiger partial charge in [0.05, 0.1) is 17.6 Å². The maximum Gasteiger partial charge on any atom is 0.265 e. The van der Waals surface area contributed by atoms with Gasteiger partial charge >= 0.3 is 0 Å². The number of carbonyl (C=O) groups is 2. The van der Waals surface area contributed by atoms with Crippen molar-refractivity contribution in [1.82, 2.24) is 0 Å². The number of anilines is 3. The molecule has 0 aliphatic heterocycles. The summed E-state index contributed by atoms with van der Waals surface area (Å²) in [7, 11) is -3.48. The second-order valence-corrected chi connectivity index (χ2v) is 9.45. The molecule has 196 valence electrons. The van der Waals surface area contributed by atoms with Crippen LogP contribution >= 0.6 is 0 Å². The molecule has 0 spiro atoms. The van der Waals surface area contributed by atoms with Crippen LogP contribution in [0.15, 0.2) is 48.5 Å². The third-order valence-corrected chi connectivity index (χ3v) is 5.28. The van der Waals surface area contributed by atoms with Crippen LogP contribution in [-0.4, -0.2) is 37.7 Å². The first-order chi connectivity index (χ1) is 17.2. The summed E-state index contributed by atoms with van der Waals surface area (Å²) in [5.41, 5.74) is -1.31. The number of hydrogen-bond donors (Lipinski definition) is 4. The van der Waals surface area contributed by atoms with Crippen molar-refractivity contribution in [1.29, 1.82) is 0 Å². The standard InChI is InChI=1S/C23H19F4N3O6S/c1-11(36-14-5-3-13(4-6-14)30-37(2,34)35)22(32)28-18-10-20(31)19(9-15(18)24)29-23(33)12-7-16(25)21(27)17(26)8-12/h3-11,30-31H,1-2H3,(H,28,32)(H,29,33). The molecule has 0 radical (unpaired) electrons. The Morgan fingerprint density at radius 1 is 0.892 bits per heavy atom. The van der Waals surface area contributed by atoms with E-state index in [9.17, 15) is 40.7 Å². The molecule has 0 aromatic heterocycles. The van der Waals surface area contributed by atoms with Crippen molar-refractivity contribution in [3.8, 4) is 11.5 Å². The summed E-state index contributed by atoms with van der Waals surface area (Å²) in [5.74, 6) is -8.55. The summed E-state index contributed by atoms with van der Waals surface area (Å²) >= 11 is 0. The Morgan fingerprint density at radius 2 is 1.49 bits per heavy atom. The molecule has 0 heterocycles. The Morgan fingerprint density at radius 3 is 2.05 bits per heavy atom. The van der Waals surface area contributed by atoms with Crippen LogP contribution in [0.4, 0.5) is 34.6 Å². The van der Waals surface area contributed by atoms with Gasteiger partial charge < -0.3 is 20.5 Å². The highest BCUT2D eigenvalue weighted by Crippen LogP contribution is 2.30. The Bertz CT molecular complexity index is 1440. The van der Waals surface area contributed by atoms with E-state index >= 15 is 0 Å². The smallest absolute Gasteiger partial charge is 0.265 e. The molecule has 3 aromatic carbocycles. The van der Waals surface area contributed by atoms with E-state index in [1.807, 2.05) is 5.32 Å². The Labute approximate surface area is 208 Å². The quantitative estimate of drug-likeness (QED) is 0.194. The molecule has 3 aromatic rings. The molecule has 1 unspecified atom stereocenters. The van der Waals surface area contributed by atoms with Crippen LogP contribution in [0.3, 0.4) is 0 Å². The summed E-state index contributed by atoms with van der Waals surface area (Å²) in [6.45, 7) is 1.35. The molecule has 4 N–H and O–H groups in total. The van der Waals surface area contributed by atoms with Gasteiger partial charge in [-0.3, -0.25) is 14.3 Å². The normalized spacial score (nSPS) is 11.9. The van der Waals surface area contributed by atoms with Gasteiger partial charge in [0.15, 0.2) is 23.6 Å². The monoisotopic (exact) mass is 541 g/mol. The second kappa shape index (κ2) is 10.7. The van der Waals surface area contributed by atoms with Crippen molar-refractivity contribution in [2.24, 2.45) is 0 Å². The molecule has 37 heavy (non-hydrogen) atoms. The number of phenolic OH excluding ortho intramolecular Hbond substituents is 1. The van der Waals surface area contributed by atoms with Crippen LogP contribution in [0.25, 0.3) is 0 Å². The van der Waals surface area contributed by atoms with Gasteiger partial charge in [0.1, 0.15) is 17.3 Å². The van der Waals surface area contributed by atoms with Crippen LogP contribution in [0.5, 0.6) is 11.5 Å². The first kappa shape index (κ1) is 27.3. The van der Waals surface area contributed by atoms with E-state index in [2.05, 4.69) is 10.0 Å². The van der Waals surface area contributed by atoms with Crippen LogP contribution in [0.1, 0.15) is 17.3 Å². The first-order valence-electron chi connectivity index (χ1n) is 10.3. The summed E-state index contributed by atoms with van der Waals surface area (Å²) in [4.78, 5) is 24.6. The van der Waals surface area contributed by atoms with Crippen molar-refractivity contribution < 1.29 is 45.4 Å². The molecular weight excluding hydrogens is 522 g/mol. The fourth-order valence-electron chi connectivity index (χ4n) is 2.95. The lowest BCUT2D eigenvalue weighted by Crippen LogP contribution is -2.30. The molecule has 9 nitrogen and oxygen atoms in total. The minimum Gasteiger partial charge on any atom is -0.506 e. The molecular formula is C23H19F4N3O6S. The van der Waals surface area contributed by atoms with Crippen LogP contribution in [0, 0.1) is 23.3 Å². The van der Waals surface area contributed by atoms with Gasteiger partial charge in [-0.1, -0.05) is 0 Å². The Balaban J connectivity index is 1.66. The fourth-order valence-corrected chi connectivity index (χ4v) is 3.51. The first-order valence-corrected chi connectivity index (χ1v) is 12.2. The average molecular weight is 541 g/mol. The molecule has 14 heteroatoms. The third kappa shape index (κ3) is 7.10. The summed E-state index contributed by atoms with van der Waals surface area (Å²) in [5, 5.41) is 14.4. The predicted octanol–water partition coefficient (Wildman–Crippen LogP) is 3.98. The van der Waals surface area contributed by atoms with Gasteiger partial charge in [0.25, 0.3) is 11.8 Å². The van der Waals surface area contributed by atoms with Crippen molar-refractivity contribution in [2.75, 3.05) is 21.6 Å². The van der Waals surface area contributed by atoms with Gasteiger partial charge in [-0.05, 0) is 43.3 Å². The average Bonchev–Trinajstić information content (AvgIpc) is 2.80. The highest BCUT2D eigenvalue weighted by molar-refractivity contribution is 7.92. The van der Waals surface area contributed by atoms with Crippen molar-refractivity contribution in [3.05, 3.63) is 77.4 Å². The molecule has 0 bridgehead atoms. The fraction of sp³-hybridized carbons (Fsp3) is 0.130. The number of carbonyl (C=O) groups excluding carboxylic acids is 2. The SMILES string of the molecule is CC(Oc1ccc(NS(C)(=O)=O)cc1)C(=O)Nc1cc(O)c(NC(=O)c2cc(F)c(F)c(F)c2)cc1F. The zero-order valence-electron chi connectivity index (χ0n) is 19.1. The third-order valence-electron chi connectivity index (χ3n) is 4.68. The van der Waals surface area contributed by atoms with Gasteiger partial charge in [-0.15, -0.1) is 0 Å². The lowest BCUT2D eigenvalue weighted by atomic mass is 10.1. The second-order valence-electron chi connectivity index (χ2n) is 7.71. The lowest BCUT2D eigenvalue weighted by Gasteiger charge is -2.16. The molecule has 0 aliphatic rings. The predicted molar refractivity (Wildman–Crippen MR) is 126 cm³/mol. The van der Waals surface area contributed by atoms with Gasteiger partial charge in [0.2, 0.25) is 10.0 Å². The van der Waals surface area contributed by atoms with E-state index < -0.39 is 73.9 Å². The molecule has 1 atom stereocenters. The number of ether oxygens (including phenoxy) is 1. The van der Waals surface area contributed by atoms with E-state index in [1.165, 1.54) is 31.2 Å². The molecule has 3 rings (SSSR count). The maximum atomic E-state index is 14.6. The Kier molecular flexibility index (Phi) is 7.91. The van der Waals surface area contributed by atoms with E-state index in [1.54, 1.807) is 0 Å². The summed E-state index contributed by atoms with van der Waals surface area (Å²) in [6, 6.07) is 7.89. The van der Waals surface area contributed by atoms with E-state index in [0.717, 1.165) is 12.3 Å². The van der Waals surface area contributed by atoms with Gasteiger partial charge in [-0.25, -0.2) is 26.0 Å². The zero-order chi connectivity index (χ0) is 27.5. The van der Waals surface area contributed by atoms with Crippen molar-refractivity contribution in [3.63, 3.8) is 0 Å². The van der Waals surface area contributed by atoms with Crippen molar-refractivity contribution >= 4 is 38.9 Å². The Hall–Kier alpha value is -4.33. The molecule has 0 saturated heterocycles. The largest absolute Gasteiger partial charge is 0.506 e.